The van der Waals surface area contributed by atoms with Crippen LogP contribution in [0.2, 0.25) is 0 Å². The molecule has 1 heterocycles. The number of hydrogen-bond donors (Lipinski definition) is 0. The summed E-state index contributed by atoms with van der Waals surface area (Å²) in [7, 11) is 0. The Kier molecular flexibility index (Phi) is 4.91. The molecular weight excluding hydrogens is 326 g/mol. The Hall–Kier alpha value is -2.75. The van der Waals surface area contributed by atoms with Crippen molar-refractivity contribution in [2.24, 2.45) is 0 Å². The van der Waals surface area contributed by atoms with Gasteiger partial charge in [-0.25, -0.2) is 0 Å². The minimum absolute atomic E-state index is 0.592. The lowest BCUT2D eigenvalue weighted by Gasteiger charge is -2.12. The van der Waals surface area contributed by atoms with E-state index in [2.05, 4.69) is 29.4 Å². The summed E-state index contributed by atoms with van der Waals surface area (Å²) in [6, 6.07) is 14.4. The number of aromatic nitrogens is 1. The zero-order valence-electron chi connectivity index (χ0n) is 15.0. The SMILES string of the molecule is Cc1ccc(OCCCOc2ccc3c(c2)CCC3)c(-c2ccno2)c1. The molecule has 0 atom stereocenters. The first-order valence-electron chi connectivity index (χ1n) is 9.19. The van der Waals surface area contributed by atoms with E-state index in [1.165, 1.54) is 30.4 Å². The van der Waals surface area contributed by atoms with Crippen molar-refractivity contribution < 1.29 is 14.0 Å². The molecule has 1 aliphatic rings. The van der Waals surface area contributed by atoms with Gasteiger partial charge in [0.05, 0.1) is 25.0 Å². The molecule has 0 radical (unpaired) electrons. The molecule has 0 fully saturated rings. The van der Waals surface area contributed by atoms with Crippen LogP contribution in [0.15, 0.2) is 53.2 Å². The topological polar surface area (TPSA) is 44.5 Å². The van der Waals surface area contributed by atoms with Gasteiger partial charge >= 0.3 is 0 Å². The largest absolute Gasteiger partial charge is 0.493 e. The number of benzene rings is 2. The van der Waals surface area contributed by atoms with E-state index in [1.54, 1.807) is 6.20 Å². The fourth-order valence-corrected chi connectivity index (χ4v) is 3.39. The Labute approximate surface area is 153 Å². The van der Waals surface area contributed by atoms with Crippen LogP contribution < -0.4 is 9.47 Å². The van der Waals surface area contributed by atoms with Crippen LogP contribution in [0.3, 0.4) is 0 Å². The van der Waals surface area contributed by atoms with Gasteiger partial charge in [-0.05, 0) is 61.6 Å². The van der Waals surface area contributed by atoms with Gasteiger partial charge in [-0.3, -0.25) is 0 Å². The Balaban J connectivity index is 1.30. The van der Waals surface area contributed by atoms with Crippen LogP contribution >= 0.6 is 0 Å². The molecule has 0 saturated heterocycles. The quantitative estimate of drug-likeness (QED) is 0.564. The average Bonchev–Trinajstić information content (AvgIpc) is 3.33. The van der Waals surface area contributed by atoms with Gasteiger partial charge in [-0.2, -0.15) is 0 Å². The summed E-state index contributed by atoms with van der Waals surface area (Å²) >= 11 is 0. The Morgan fingerprint density at radius 1 is 0.962 bits per heavy atom. The molecule has 4 nitrogen and oxygen atoms in total. The summed E-state index contributed by atoms with van der Waals surface area (Å²) in [5, 5.41) is 3.79. The number of hydrogen-bond acceptors (Lipinski definition) is 4. The van der Waals surface area contributed by atoms with Gasteiger partial charge < -0.3 is 14.0 Å². The monoisotopic (exact) mass is 349 g/mol. The summed E-state index contributed by atoms with van der Waals surface area (Å²) in [4.78, 5) is 0. The maximum Gasteiger partial charge on any atom is 0.170 e. The van der Waals surface area contributed by atoms with Crippen LogP contribution in [-0.2, 0) is 12.8 Å². The van der Waals surface area contributed by atoms with Crippen molar-refractivity contribution in [2.75, 3.05) is 13.2 Å². The second kappa shape index (κ2) is 7.65. The molecule has 1 aromatic heterocycles. The minimum atomic E-state index is 0.592. The Morgan fingerprint density at radius 2 is 1.85 bits per heavy atom. The van der Waals surface area contributed by atoms with Crippen molar-refractivity contribution in [3.63, 3.8) is 0 Å². The fourth-order valence-electron chi connectivity index (χ4n) is 3.39. The predicted molar refractivity (Wildman–Crippen MR) is 101 cm³/mol. The normalized spacial score (nSPS) is 12.8. The molecule has 0 amide bonds. The molecule has 0 N–H and O–H groups in total. The third-order valence-electron chi connectivity index (χ3n) is 4.72. The van der Waals surface area contributed by atoms with E-state index in [-0.39, 0.29) is 0 Å². The number of fused-ring (bicyclic) bond motifs is 1. The first-order chi connectivity index (χ1) is 12.8. The van der Waals surface area contributed by atoms with E-state index < -0.39 is 0 Å². The molecule has 0 bridgehead atoms. The number of nitrogens with zero attached hydrogens (tertiary/aromatic N) is 1. The maximum atomic E-state index is 5.96. The van der Waals surface area contributed by atoms with Gasteiger partial charge in [0, 0.05) is 12.5 Å². The van der Waals surface area contributed by atoms with Crippen LogP contribution in [0, 0.1) is 6.92 Å². The number of ether oxygens (including phenoxy) is 2. The fraction of sp³-hybridized carbons (Fsp3) is 0.318. The molecule has 0 unspecified atom stereocenters. The Morgan fingerprint density at radius 3 is 2.73 bits per heavy atom. The van der Waals surface area contributed by atoms with Crippen LogP contribution in [0.25, 0.3) is 11.3 Å². The van der Waals surface area contributed by atoms with E-state index in [4.69, 9.17) is 14.0 Å². The zero-order chi connectivity index (χ0) is 17.8. The molecule has 3 aromatic rings. The minimum Gasteiger partial charge on any atom is -0.493 e. The van der Waals surface area contributed by atoms with Gasteiger partial charge in [0.1, 0.15) is 11.5 Å². The highest BCUT2D eigenvalue weighted by Crippen LogP contribution is 2.31. The van der Waals surface area contributed by atoms with Crippen LogP contribution in [0.1, 0.15) is 29.5 Å². The molecule has 0 saturated carbocycles. The predicted octanol–water partition coefficient (Wildman–Crippen LogP) is 4.99. The summed E-state index contributed by atoms with van der Waals surface area (Å²) in [5.74, 6) is 2.49. The van der Waals surface area contributed by atoms with Crippen LogP contribution in [0.5, 0.6) is 11.5 Å². The molecule has 4 rings (SSSR count). The zero-order valence-corrected chi connectivity index (χ0v) is 15.0. The maximum absolute atomic E-state index is 5.96. The third kappa shape index (κ3) is 3.74. The smallest absolute Gasteiger partial charge is 0.170 e. The lowest BCUT2D eigenvalue weighted by Crippen LogP contribution is -2.06. The van der Waals surface area contributed by atoms with Crippen molar-refractivity contribution in [2.45, 2.75) is 32.6 Å². The van der Waals surface area contributed by atoms with E-state index in [0.29, 0.717) is 13.2 Å². The van der Waals surface area contributed by atoms with Crippen molar-refractivity contribution in [3.8, 4) is 22.8 Å². The Bertz CT molecular complexity index is 871. The standard InChI is InChI=1S/C22H23NO3/c1-16-6-9-21(20(14-16)22-10-11-23-26-22)25-13-3-12-24-19-8-7-17-4-2-5-18(17)15-19/h6-11,14-15H,2-5,12-13H2,1H3. The van der Waals surface area contributed by atoms with Gasteiger partial charge in [0.2, 0.25) is 0 Å². The summed E-state index contributed by atoms with van der Waals surface area (Å²) in [6.07, 6.45) is 6.10. The second-order valence-corrected chi connectivity index (χ2v) is 6.71. The first-order valence-corrected chi connectivity index (χ1v) is 9.19. The molecule has 26 heavy (non-hydrogen) atoms. The molecule has 0 aliphatic heterocycles. The number of rotatable bonds is 7. The van der Waals surface area contributed by atoms with Gasteiger partial charge in [-0.15, -0.1) is 0 Å². The van der Waals surface area contributed by atoms with Crippen molar-refractivity contribution in [1.29, 1.82) is 0 Å². The van der Waals surface area contributed by atoms with Crippen LogP contribution in [0.4, 0.5) is 0 Å². The molecule has 1 aliphatic carbocycles. The highest BCUT2D eigenvalue weighted by atomic mass is 16.5. The van der Waals surface area contributed by atoms with Gasteiger partial charge in [0.15, 0.2) is 5.76 Å². The molecule has 134 valence electrons. The first kappa shape index (κ1) is 16.7. The van der Waals surface area contributed by atoms with Gasteiger partial charge in [0.25, 0.3) is 0 Å². The molecule has 0 spiro atoms. The summed E-state index contributed by atoms with van der Waals surface area (Å²) < 4.78 is 17.1. The summed E-state index contributed by atoms with van der Waals surface area (Å²) in [5.41, 5.74) is 5.00. The lowest BCUT2D eigenvalue weighted by atomic mass is 10.1. The van der Waals surface area contributed by atoms with Gasteiger partial charge in [-0.1, -0.05) is 22.9 Å². The van der Waals surface area contributed by atoms with Crippen LogP contribution in [-0.4, -0.2) is 18.4 Å². The van der Waals surface area contributed by atoms with E-state index in [1.807, 2.05) is 25.1 Å². The average molecular weight is 349 g/mol. The van der Waals surface area contributed by atoms with Crippen molar-refractivity contribution in [1.82, 2.24) is 5.16 Å². The molecule has 4 heteroatoms. The van der Waals surface area contributed by atoms with Crippen molar-refractivity contribution in [3.05, 3.63) is 65.4 Å². The lowest BCUT2D eigenvalue weighted by molar-refractivity contribution is 0.247. The van der Waals surface area contributed by atoms with E-state index in [0.717, 1.165) is 34.8 Å². The molecular formula is C22H23NO3. The van der Waals surface area contributed by atoms with Crippen molar-refractivity contribution >= 4 is 0 Å². The highest BCUT2D eigenvalue weighted by Gasteiger charge is 2.12. The van der Waals surface area contributed by atoms with E-state index >= 15 is 0 Å². The highest BCUT2D eigenvalue weighted by molar-refractivity contribution is 5.66. The summed E-state index contributed by atoms with van der Waals surface area (Å²) in [6.45, 7) is 3.28. The second-order valence-electron chi connectivity index (χ2n) is 6.71. The third-order valence-corrected chi connectivity index (χ3v) is 4.72. The number of aryl methyl sites for hydroxylation is 3. The van der Waals surface area contributed by atoms with E-state index in [9.17, 15) is 0 Å². The molecule has 2 aromatic carbocycles.